The van der Waals surface area contributed by atoms with E-state index in [0.717, 1.165) is 81.9 Å². The molecule has 1 heterocycles. The van der Waals surface area contributed by atoms with Crippen LogP contribution >= 0.6 is 0 Å². The molecule has 302 valence electrons. The molecule has 4 rings (SSSR count). The lowest BCUT2D eigenvalue weighted by Gasteiger charge is -2.41. The Balaban J connectivity index is 1.57. The highest BCUT2D eigenvalue weighted by molar-refractivity contribution is 6.74. The predicted octanol–water partition coefficient (Wildman–Crippen LogP) is 12.2. The standard InChI is InChI=1S/C46H72O7Si/c1-8-9-13-20-34(2)40(53-54(6,7)46(3,4)5)31-30-39-38(23-16-10-11-17-24-43(47)48)42(33-41(39)51-44-25-18-19-32-50-44)52-45(49)37-28-26-36(27-29-37)35-21-14-12-15-22-35/h12,14-15,21-22,26-29,34,38-42,44H,8-11,13,16-20,23-25,30-33H2,1-7H3,(H,47,48)/t34?,38-,39-,40+,41?,42+,44?/m1/s1. The maximum absolute atomic E-state index is 13.8. The van der Waals surface area contributed by atoms with Crippen LogP contribution in [0.5, 0.6) is 0 Å². The summed E-state index contributed by atoms with van der Waals surface area (Å²) in [5, 5.41) is 9.28. The third-order valence-corrected chi connectivity index (χ3v) is 17.0. The van der Waals surface area contributed by atoms with Crippen LogP contribution in [-0.4, -0.2) is 56.6 Å². The van der Waals surface area contributed by atoms with Gasteiger partial charge in [-0.2, -0.15) is 0 Å². The summed E-state index contributed by atoms with van der Waals surface area (Å²) in [4.78, 5) is 25.0. The molecule has 8 heteroatoms. The molecule has 2 aliphatic rings. The molecule has 2 fully saturated rings. The lowest BCUT2D eigenvalue weighted by Crippen LogP contribution is -2.45. The topological polar surface area (TPSA) is 91.3 Å². The maximum Gasteiger partial charge on any atom is 0.338 e. The third kappa shape index (κ3) is 13.6. The van der Waals surface area contributed by atoms with Gasteiger partial charge < -0.3 is 23.7 Å². The maximum atomic E-state index is 13.8. The smallest absolute Gasteiger partial charge is 0.338 e. The van der Waals surface area contributed by atoms with Gasteiger partial charge in [-0.25, -0.2) is 4.79 Å². The first-order valence-electron chi connectivity index (χ1n) is 21.3. The van der Waals surface area contributed by atoms with Gasteiger partial charge in [0.15, 0.2) is 14.6 Å². The molecule has 1 aliphatic heterocycles. The fourth-order valence-corrected chi connectivity index (χ4v) is 9.61. The van der Waals surface area contributed by atoms with Gasteiger partial charge in [-0.1, -0.05) is 116 Å². The second-order valence-corrected chi connectivity index (χ2v) is 22.5. The predicted molar refractivity (Wildman–Crippen MR) is 221 cm³/mol. The number of hydrogen-bond donors (Lipinski definition) is 1. The van der Waals surface area contributed by atoms with Crippen molar-refractivity contribution >= 4 is 20.3 Å². The van der Waals surface area contributed by atoms with Crippen LogP contribution in [0.3, 0.4) is 0 Å². The number of carbonyl (C=O) groups is 2. The summed E-state index contributed by atoms with van der Waals surface area (Å²) in [5.74, 6) is -0.245. The van der Waals surface area contributed by atoms with Gasteiger partial charge in [-0.05, 0) is 105 Å². The Morgan fingerprint density at radius 1 is 0.852 bits per heavy atom. The number of unbranched alkanes of at least 4 members (excludes halogenated alkanes) is 5. The minimum atomic E-state index is -2.03. The molecule has 0 bridgehead atoms. The monoisotopic (exact) mass is 765 g/mol. The number of carboxylic acids is 1. The van der Waals surface area contributed by atoms with Gasteiger partial charge in [0.05, 0.1) is 11.7 Å². The molecule has 2 aromatic rings. The summed E-state index contributed by atoms with van der Waals surface area (Å²) in [6.07, 6.45) is 14.6. The summed E-state index contributed by atoms with van der Waals surface area (Å²) in [6.45, 7) is 17.1. The summed E-state index contributed by atoms with van der Waals surface area (Å²) in [7, 11) is -2.03. The Morgan fingerprint density at radius 2 is 1.54 bits per heavy atom. The van der Waals surface area contributed by atoms with Crippen LogP contribution in [0, 0.1) is 17.8 Å². The van der Waals surface area contributed by atoms with E-state index in [2.05, 4.69) is 59.8 Å². The fourth-order valence-electron chi connectivity index (χ4n) is 8.15. The van der Waals surface area contributed by atoms with Crippen molar-refractivity contribution in [2.24, 2.45) is 17.8 Å². The molecule has 0 radical (unpaired) electrons. The molecule has 1 saturated carbocycles. The molecule has 2 aromatic carbocycles. The second-order valence-electron chi connectivity index (χ2n) is 17.7. The second kappa shape index (κ2) is 21.7. The minimum absolute atomic E-state index is 0.0766. The minimum Gasteiger partial charge on any atom is -0.481 e. The molecule has 1 N–H and O–H groups in total. The van der Waals surface area contributed by atoms with E-state index in [-0.39, 0.29) is 53.9 Å². The average Bonchev–Trinajstić information content (AvgIpc) is 3.45. The number of carbonyl (C=O) groups excluding carboxylic acids is 1. The van der Waals surface area contributed by atoms with E-state index < -0.39 is 14.3 Å². The van der Waals surface area contributed by atoms with Crippen LogP contribution < -0.4 is 0 Å². The Hall–Kier alpha value is -2.52. The quantitative estimate of drug-likeness (QED) is 0.0725. The number of carboxylic acid groups (broad SMARTS) is 1. The van der Waals surface area contributed by atoms with Crippen LogP contribution in [0.2, 0.25) is 18.1 Å². The van der Waals surface area contributed by atoms with Crippen LogP contribution in [0.1, 0.15) is 148 Å². The van der Waals surface area contributed by atoms with E-state index in [1.807, 2.05) is 42.5 Å². The van der Waals surface area contributed by atoms with Crippen molar-refractivity contribution in [1.29, 1.82) is 0 Å². The van der Waals surface area contributed by atoms with E-state index in [1.54, 1.807) is 0 Å². The fraction of sp³-hybridized carbons (Fsp3) is 0.696. The molecule has 54 heavy (non-hydrogen) atoms. The molecule has 1 saturated heterocycles. The van der Waals surface area contributed by atoms with Crippen molar-refractivity contribution in [3.05, 3.63) is 60.2 Å². The highest BCUT2D eigenvalue weighted by atomic mass is 28.4. The number of rotatable bonds is 22. The number of ether oxygens (including phenoxy) is 3. The molecule has 7 nitrogen and oxygen atoms in total. The Morgan fingerprint density at radius 3 is 2.19 bits per heavy atom. The number of esters is 1. The first kappa shape index (κ1) is 44.2. The van der Waals surface area contributed by atoms with Gasteiger partial charge >= 0.3 is 11.9 Å². The normalized spacial score (nSPS) is 23.2. The van der Waals surface area contributed by atoms with Gasteiger partial charge in [0, 0.05) is 31.5 Å². The third-order valence-electron chi connectivity index (χ3n) is 12.5. The van der Waals surface area contributed by atoms with Crippen LogP contribution in [0.15, 0.2) is 54.6 Å². The van der Waals surface area contributed by atoms with E-state index >= 15 is 0 Å². The zero-order chi connectivity index (χ0) is 39.1. The summed E-state index contributed by atoms with van der Waals surface area (Å²) >= 11 is 0. The number of benzene rings is 2. The van der Waals surface area contributed by atoms with Gasteiger partial charge in [0.25, 0.3) is 0 Å². The van der Waals surface area contributed by atoms with E-state index in [1.165, 1.54) is 19.3 Å². The largest absolute Gasteiger partial charge is 0.481 e. The molecule has 0 spiro atoms. The van der Waals surface area contributed by atoms with Gasteiger partial charge in [0.1, 0.15) is 6.10 Å². The lowest BCUT2D eigenvalue weighted by atomic mass is 9.83. The zero-order valence-electron chi connectivity index (χ0n) is 34.7. The van der Waals surface area contributed by atoms with Gasteiger partial charge in [-0.3, -0.25) is 4.79 Å². The lowest BCUT2D eigenvalue weighted by molar-refractivity contribution is -0.196. The van der Waals surface area contributed by atoms with E-state index in [9.17, 15) is 9.59 Å². The molecule has 7 atom stereocenters. The van der Waals surface area contributed by atoms with Crippen LogP contribution in [-0.2, 0) is 23.4 Å². The highest BCUT2D eigenvalue weighted by Gasteiger charge is 2.47. The Labute approximate surface area is 328 Å². The molecule has 1 aliphatic carbocycles. The van der Waals surface area contributed by atoms with Crippen molar-refractivity contribution in [1.82, 2.24) is 0 Å². The van der Waals surface area contributed by atoms with Gasteiger partial charge in [0.2, 0.25) is 0 Å². The molecule has 0 aromatic heterocycles. The summed E-state index contributed by atoms with van der Waals surface area (Å²) in [6, 6.07) is 17.9. The van der Waals surface area contributed by atoms with Crippen molar-refractivity contribution in [2.45, 2.75) is 180 Å². The van der Waals surface area contributed by atoms with Gasteiger partial charge in [-0.15, -0.1) is 0 Å². The Bertz CT molecular complexity index is 1380. The van der Waals surface area contributed by atoms with Crippen molar-refractivity contribution < 1.29 is 33.3 Å². The van der Waals surface area contributed by atoms with Crippen molar-refractivity contribution in [2.75, 3.05) is 6.61 Å². The zero-order valence-corrected chi connectivity index (χ0v) is 35.7. The van der Waals surface area contributed by atoms with Crippen LogP contribution in [0.4, 0.5) is 0 Å². The number of hydrogen-bond acceptors (Lipinski definition) is 6. The summed E-state index contributed by atoms with van der Waals surface area (Å²) in [5.41, 5.74) is 2.73. The SMILES string of the molecule is CCCCCC(C)[C@H](CC[C@H]1C(OC2CCCCO2)C[C@H](OC(=O)c2ccc(-c3ccccc3)cc2)[C@@H]1CCCCCCC(=O)O)O[Si](C)(C)C(C)(C)C. The first-order valence-corrected chi connectivity index (χ1v) is 24.2. The average molecular weight is 765 g/mol. The molecule has 0 amide bonds. The highest BCUT2D eigenvalue weighted by Crippen LogP contribution is 2.45. The first-order chi connectivity index (χ1) is 25.8. The van der Waals surface area contributed by atoms with E-state index in [0.29, 0.717) is 24.3 Å². The Kier molecular flexibility index (Phi) is 17.8. The summed E-state index contributed by atoms with van der Waals surface area (Å²) < 4.78 is 26.7. The molecular weight excluding hydrogens is 693 g/mol. The van der Waals surface area contributed by atoms with E-state index in [4.69, 9.17) is 23.7 Å². The van der Waals surface area contributed by atoms with Crippen molar-refractivity contribution in [3.8, 4) is 11.1 Å². The van der Waals surface area contributed by atoms with Crippen molar-refractivity contribution in [3.63, 3.8) is 0 Å². The molecule has 3 unspecified atom stereocenters. The molecular formula is C46H72O7Si. The van der Waals surface area contributed by atoms with Crippen LogP contribution in [0.25, 0.3) is 11.1 Å². The number of aliphatic carboxylic acids is 1.